The summed E-state index contributed by atoms with van der Waals surface area (Å²) in [4.78, 5) is 2.74. The van der Waals surface area contributed by atoms with Crippen LogP contribution in [0.3, 0.4) is 0 Å². The van der Waals surface area contributed by atoms with Gasteiger partial charge in [-0.1, -0.05) is 28.9 Å². The second-order valence-electron chi connectivity index (χ2n) is 4.49. The molecule has 0 radical (unpaired) electrons. The Morgan fingerprint density at radius 1 is 1.26 bits per heavy atom. The molecule has 1 atom stereocenters. The van der Waals surface area contributed by atoms with E-state index in [0.717, 1.165) is 23.0 Å². The van der Waals surface area contributed by atoms with Crippen LogP contribution in [0.15, 0.2) is 34.8 Å². The van der Waals surface area contributed by atoms with Crippen LogP contribution in [-0.2, 0) is 13.0 Å². The lowest BCUT2D eigenvalue weighted by Gasteiger charge is -2.15. The molecule has 0 fully saturated rings. The van der Waals surface area contributed by atoms with Gasteiger partial charge in [0.25, 0.3) is 0 Å². The van der Waals surface area contributed by atoms with Crippen molar-refractivity contribution >= 4 is 27.3 Å². The number of halogens is 2. The zero-order valence-corrected chi connectivity index (χ0v) is 13.4. The molecule has 0 aliphatic carbocycles. The monoisotopic (exact) mass is 341 g/mol. The largest absolute Gasteiger partial charge is 0.305 e. The first kappa shape index (κ1) is 14.7. The fourth-order valence-corrected chi connectivity index (χ4v) is 3.53. The average Bonchev–Trinajstić information content (AvgIpc) is 2.84. The van der Waals surface area contributed by atoms with Crippen molar-refractivity contribution in [2.75, 3.05) is 0 Å². The summed E-state index contributed by atoms with van der Waals surface area (Å²) in [5.41, 5.74) is 1.08. The fourth-order valence-electron chi connectivity index (χ4n) is 1.92. The Bertz CT molecular complexity index is 553. The summed E-state index contributed by atoms with van der Waals surface area (Å²) in [7, 11) is 0. The van der Waals surface area contributed by atoms with Gasteiger partial charge in [-0.2, -0.15) is 0 Å². The second kappa shape index (κ2) is 6.64. The van der Waals surface area contributed by atoms with Crippen LogP contribution in [0.4, 0.5) is 4.39 Å². The molecule has 19 heavy (non-hydrogen) atoms. The van der Waals surface area contributed by atoms with Crippen LogP contribution in [-0.4, -0.2) is 0 Å². The number of rotatable bonds is 5. The van der Waals surface area contributed by atoms with E-state index in [9.17, 15) is 4.39 Å². The Kier molecular flexibility index (Phi) is 5.13. The molecule has 1 N–H and O–H groups in total. The molecule has 1 nitrogen and oxygen atoms in total. The SMILES string of the molecule is CCc1ccc(CNC(C)c2ccc(F)cc2Br)s1. The van der Waals surface area contributed by atoms with Crippen LogP contribution >= 0.6 is 27.3 Å². The fraction of sp³-hybridized carbons (Fsp3) is 0.333. The van der Waals surface area contributed by atoms with Crippen LogP contribution in [0.1, 0.15) is 35.2 Å². The highest BCUT2D eigenvalue weighted by molar-refractivity contribution is 9.10. The van der Waals surface area contributed by atoms with Crippen LogP contribution in [0.25, 0.3) is 0 Å². The Morgan fingerprint density at radius 2 is 2.00 bits per heavy atom. The van der Waals surface area contributed by atoms with E-state index in [-0.39, 0.29) is 11.9 Å². The molecule has 0 bridgehead atoms. The highest BCUT2D eigenvalue weighted by Crippen LogP contribution is 2.25. The third-order valence-corrected chi connectivity index (χ3v) is 4.99. The minimum atomic E-state index is -0.214. The summed E-state index contributed by atoms with van der Waals surface area (Å²) in [5.74, 6) is -0.214. The molecule has 0 aliphatic heterocycles. The predicted molar refractivity (Wildman–Crippen MR) is 83.1 cm³/mol. The number of benzene rings is 1. The summed E-state index contributed by atoms with van der Waals surface area (Å²) in [6.07, 6.45) is 1.09. The number of thiophene rings is 1. The van der Waals surface area contributed by atoms with Crippen molar-refractivity contribution < 1.29 is 4.39 Å². The maximum atomic E-state index is 13.1. The summed E-state index contributed by atoms with van der Waals surface area (Å²) in [6, 6.07) is 9.36. The van der Waals surface area contributed by atoms with Gasteiger partial charge >= 0.3 is 0 Å². The molecule has 0 saturated heterocycles. The van der Waals surface area contributed by atoms with E-state index >= 15 is 0 Å². The van der Waals surface area contributed by atoms with Gasteiger partial charge in [0.15, 0.2) is 0 Å². The van der Waals surface area contributed by atoms with Gasteiger partial charge in [-0.25, -0.2) is 4.39 Å². The molecule has 1 aromatic carbocycles. The van der Waals surface area contributed by atoms with Gasteiger partial charge in [0.1, 0.15) is 5.82 Å². The lowest BCUT2D eigenvalue weighted by molar-refractivity contribution is 0.572. The average molecular weight is 342 g/mol. The molecular formula is C15H17BrFNS. The van der Waals surface area contributed by atoms with Gasteiger partial charge < -0.3 is 5.32 Å². The lowest BCUT2D eigenvalue weighted by Crippen LogP contribution is -2.17. The number of hydrogen-bond donors (Lipinski definition) is 1. The molecule has 0 saturated carbocycles. The van der Waals surface area contributed by atoms with Crippen molar-refractivity contribution in [2.45, 2.75) is 32.9 Å². The zero-order chi connectivity index (χ0) is 13.8. The van der Waals surface area contributed by atoms with Gasteiger partial charge in [0.05, 0.1) is 0 Å². The van der Waals surface area contributed by atoms with Gasteiger partial charge in [-0.15, -0.1) is 11.3 Å². The molecule has 0 spiro atoms. The van der Waals surface area contributed by atoms with Gasteiger partial charge in [-0.3, -0.25) is 0 Å². The lowest BCUT2D eigenvalue weighted by atomic mass is 10.1. The first-order chi connectivity index (χ1) is 9.10. The summed E-state index contributed by atoms with van der Waals surface area (Å²) in [5, 5.41) is 3.47. The highest BCUT2D eigenvalue weighted by atomic mass is 79.9. The van der Waals surface area contributed by atoms with Gasteiger partial charge in [-0.05, 0) is 43.2 Å². The van der Waals surface area contributed by atoms with Crippen molar-refractivity contribution in [3.05, 3.63) is 55.9 Å². The van der Waals surface area contributed by atoms with Crippen LogP contribution in [0, 0.1) is 5.82 Å². The third-order valence-electron chi connectivity index (χ3n) is 3.08. The molecule has 0 amide bonds. The minimum Gasteiger partial charge on any atom is -0.305 e. The maximum absolute atomic E-state index is 13.1. The minimum absolute atomic E-state index is 0.183. The molecule has 4 heteroatoms. The summed E-state index contributed by atoms with van der Waals surface area (Å²) in [6.45, 7) is 5.10. The molecule has 2 rings (SSSR count). The molecule has 0 aliphatic rings. The van der Waals surface area contributed by atoms with Crippen molar-refractivity contribution in [3.63, 3.8) is 0 Å². The first-order valence-corrected chi connectivity index (χ1v) is 7.97. The number of nitrogens with one attached hydrogen (secondary N) is 1. The van der Waals surface area contributed by atoms with Gasteiger partial charge in [0.2, 0.25) is 0 Å². The van der Waals surface area contributed by atoms with E-state index < -0.39 is 0 Å². The second-order valence-corrected chi connectivity index (χ2v) is 6.60. The molecule has 102 valence electrons. The third kappa shape index (κ3) is 3.88. The predicted octanol–water partition coefficient (Wildman–Crippen LogP) is 5.06. The van der Waals surface area contributed by atoms with Crippen molar-refractivity contribution in [1.82, 2.24) is 5.32 Å². The first-order valence-electron chi connectivity index (χ1n) is 6.36. The van der Waals surface area contributed by atoms with E-state index in [4.69, 9.17) is 0 Å². The summed E-state index contributed by atoms with van der Waals surface area (Å²) >= 11 is 5.25. The quantitative estimate of drug-likeness (QED) is 0.801. The molecule has 2 aromatic rings. The summed E-state index contributed by atoms with van der Waals surface area (Å²) < 4.78 is 13.9. The van der Waals surface area contributed by atoms with Crippen molar-refractivity contribution in [1.29, 1.82) is 0 Å². The maximum Gasteiger partial charge on any atom is 0.124 e. The number of hydrogen-bond acceptors (Lipinski definition) is 2. The smallest absolute Gasteiger partial charge is 0.124 e. The zero-order valence-electron chi connectivity index (χ0n) is 11.0. The van der Waals surface area contributed by atoms with E-state index in [1.807, 2.05) is 17.4 Å². The Labute approximate surface area is 126 Å². The molecule has 1 unspecified atom stereocenters. The molecular weight excluding hydrogens is 325 g/mol. The van der Waals surface area contributed by atoms with E-state index in [0.29, 0.717) is 0 Å². The van der Waals surface area contributed by atoms with Crippen LogP contribution in [0.2, 0.25) is 0 Å². The molecule has 1 heterocycles. The topological polar surface area (TPSA) is 12.0 Å². The van der Waals surface area contributed by atoms with E-state index in [1.165, 1.54) is 21.9 Å². The van der Waals surface area contributed by atoms with E-state index in [2.05, 4.69) is 47.2 Å². The van der Waals surface area contributed by atoms with Crippen molar-refractivity contribution in [3.8, 4) is 0 Å². The van der Waals surface area contributed by atoms with Gasteiger partial charge in [0, 0.05) is 26.8 Å². The van der Waals surface area contributed by atoms with Crippen LogP contribution in [0.5, 0.6) is 0 Å². The standard InChI is InChI=1S/C15H17BrFNS/c1-3-12-5-6-13(19-12)9-18-10(2)14-7-4-11(17)8-15(14)16/h4-8,10,18H,3,9H2,1-2H3. The highest BCUT2D eigenvalue weighted by Gasteiger charge is 2.10. The normalized spacial score (nSPS) is 12.6. The molecule has 1 aromatic heterocycles. The Hall–Kier alpha value is -0.710. The van der Waals surface area contributed by atoms with Crippen molar-refractivity contribution in [2.24, 2.45) is 0 Å². The number of aryl methyl sites for hydroxylation is 1. The van der Waals surface area contributed by atoms with E-state index in [1.54, 1.807) is 0 Å². The Morgan fingerprint density at radius 3 is 2.63 bits per heavy atom. The Balaban J connectivity index is 1.98. The van der Waals surface area contributed by atoms with Crippen LogP contribution < -0.4 is 5.32 Å².